The zero-order valence-corrected chi connectivity index (χ0v) is 11.0. The third-order valence-corrected chi connectivity index (χ3v) is 4.51. The highest BCUT2D eigenvalue weighted by Gasteiger charge is 2.43. The lowest BCUT2D eigenvalue weighted by Gasteiger charge is -2.20. The third-order valence-electron chi connectivity index (χ3n) is 4.51. The van der Waals surface area contributed by atoms with Crippen LogP contribution in [-0.4, -0.2) is 18.1 Å². The lowest BCUT2D eigenvalue weighted by Crippen LogP contribution is -2.45. The molecule has 1 aromatic rings. The zero-order valence-electron chi connectivity index (χ0n) is 11.0. The third kappa shape index (κ3) is 2.22. The summed E-state index contributed by atoms with van der Waals surface area (Å²) < 4.78 is 5.76. The zero-order chi connectivity index (χ0) is 12.8. The second-order valence-electron chi connectivity index (χ2n) is 6.13. The summed E-state index contributed by atoms with van der Waals surface area (Å²) in [5.74, 6) is 2.43. The molecule has 1 N–H and O–H groups in total. The Kier molecular flexibility index (Phi) is 2.54. The highest BCUT2D eigenvalue weighted by molar-refractivity contribution is 5.83. The number of carbonyl (C=O) groups excluding carboxylic acids is 1. The highest BCUT2D eigenvalue weighted by Crippen LogP contribution is 2.44. The van der Waals surface area contributed by atoms with E-state index in [1.54, 1.807) is 0 Å². The smallest absolute Gasteiger partial charge is 0.261 e. The van der Waals surface area contributed by atoms with E-state index in [0.717, 1.165) is 23.1 Å². The number of hydrogen-bond acceptors (Lipinski definition) is 2. The largest absolute Gasteiger partial charge is 0.480 e. The molecule has 0 bridgehead atoms. The van der Waals surface area contributed by atoms with Crippen LogP contribution in [-0.2, 0) is 11.2 Å². The Bertz CT molecular complexity index is 468. The van der Waals surface area contributed by atoms with Gasteiger partial charge in [-0.1, -0.05) is 18.2 Å². The summed E-state index contributed by atoms with van der Waals surface area (Å²) in [5.41, 5.74) is 1.15. The van der Waals surface area contributed by atoms with Gasteiger partial charge in [0.25, 0.3) is 5.91 Å². The molecule has 0 saturated heterocycles. The van der Waals surface area contributed by atoms with E-state index in [-0.39, 0.29) is 12.0 Å². The normalized spacial score (nSPS) is 25.0. The van der Waals surface area contributed by atoms with Gasteiger partial charge in [0.15, 0.2) is 6.10 Å². The standard InChI is InChI=1S/C16H19NO2/c18-16(17-15(10-5-6-10)11-7-8-11)14-9-12-3-1-2-4-13(12)19-14/h1-4,10-11,14-15H,5-9H2,(H,17,18)/t14-/m0/s1. The molecule has 0 spiro atoms. The van der Waals surface area contributed by atoms with E-state index in [1.165, 1.54) is 25.7 Å². The quantitative estimate of drug-likeness (QED) is 0.898. The molecule has 100 valence electrons. The molecule has 2 fully saturated rings. The van der Waals surface area contributed by atoms with Crippen molar-refractivity contribution in [3.8, 4) is 5.75 Å². The van der Waals surface area contributed by atoms with Gasteiger partial charge in [0.1, 0.15) is 5.75 Å². The Labute approximate surface area is 113 Å². The molecule has 3 nitrogen and oxygen atoms in total. The maximum absolute atomic E-state index is 12.4. The van der Waals surface area contributed by atoms with Crippen LogP contribution in [0.1, 0.15) is 31.2 Å². The van der Waals surface area contributed by atoms with Crippen molar-refractivity contribution in [3.05, 3.63) is 29.8 Å². The van der Waals surface area contributed by atoms with Gasteiger partial charge < -0.3 is 10.1 Å². The molecule has 0 aromatic heterocycles. The van der Waals surface area contributed by atoms with Gasteiger partial charge >= 0.3 is 0 Å². The van der Waals surface area contributed by atoms with Crippen molar-refractivity contribution in [2.45, 2.75) is 44.2 Å². The molecule has 0 unspecified atom stereocenters. The fourth-order valence-corrected chi connectivity index (χ4v) is 3.12. The van der Waals surface area contributed by atoms with Gasteiger partial charge in [0.05, 0.1) is 0 Å². The Balaban J connectivity index is 1.41. The predicted octanol–water partition coefficient (Wildman–Crippen LogP) is 2.29. The minimum Gasteiger partial charge on any atom is -0.480 e. The van der Waals surface area contributed by atoms with Gasteiger partial charge in [0.2, 0.25) is 0 Å². The molecule has 2 aliphatic carbocycles. The van der Waals surface area contributed by atoms with E-state index in [0.29, 0.717) is 12.5 Å². The Hall–Kier alpha value is -1.51. The van der Waals surface area contributed by atoms with Crippen molar-refractivity contribution in [3.63, 3.8) is 0 Å². The van der Waals surface area contributed by atoms with Crippen LogP contribution in [0.2, 0.25) is 0 Å². The van der Waals surface area contributed by atoms with Gasteiger partial charge in [-0.3, -0.25) is 4.79 Å². The first-order chi connectivity index (χ1) is 9.31. The molecule has 19 heavy (non-hydrogen) atoms. The molecule has 1 aromatic carbocycles. The van der Waals surface area contributed by atoms with Crippen LogP contribution in [0.3, 0.4) is 0 Å². The van der Waals surface area contributed by atoms with Crippen molar-refractivity contribution >= 4 is 5.91 Å². The molecule has 4 rings (SSSR count). The van der Waals surface area contributed by atoms with E-state index in [4.69, 9.17) is 4.74 Å². The lowest BCUT2D eigenvalue weighted by atomic mass is 10.1. The van der Waals surface area contributed by atoms with E-state index >= 15 is 0 Å². The minimum absolute atomic E-state index is 0.0833. The summed E-state index contributed by atoms with van der Waals surface area (Å²) in [5, 5.41) is 3.25. The summed E-state index contributed by atoms with van der Waals surface area (Å²) in [7, 11) is 0. The molecule has 0 radical (unpaired) electrons. The number of rotatable bonds is 4. The van der Waals surface area contributed by atoms with Gasteiger partial charge in [-0.15, -0.1) is 0 Å². The first kappa shape index (κ1) is 11.3. The van der Waals surface area contributed by atoms with Crippen LogP contribution in [0.4, 0.5) is 0 Å². The molecular formula is C16H19NO2. The first-order valence-corrected chi connectivity index (χ1v) is 7.36. The first-order valence-electron chi connectivity index (χ1n) is 7.36. The van der Waals surface area contributed by atoms with Crippen molar-refractivity contribution in [1.82, 2.24) is 5.32 Å². The number of benzene rings is 1. The monoisotopic (exact) mass is 257 g/mol. The summed E-state index contributed by atoms with van der Waals surface area (Å²) in [6, 6.07) is 8.36. The van der Waals surface area contributed by atoms with E-state index in [9.17, 15) is 4.79 Å². The number of ether oxygens (including phenoxy) is 1. The van der Waals surface area contributed by atoms with E-state index in [1.807, 2.05) is 24.3 Å². The number of nitrogens with one attached hydrogen (secondary N) is 1. The average molecular weight is 257 g/mol. The lowest BCUT2D eigenvalue weighted by molar-refractivity contribution is -0.128. The second-order valence-corrected chi connectivity index (χ2v) is 6.13. The molecule has 3 aliphatic rings. The summed E-state index contributed by atoms with van der Waals surface area (Å²) in [6.07, 6.45) is 5.53. The number of fused-ring (bicyclic) bond motifs is 1. The second kappa shape index (κ2) is 4.26. The van der Waals surface area contributed by atoms with E-state index < -0.39 is 0 Å². The topological polar surface area (TPSA) is 38.3 Å². The van der Waals surface area contributed by atoms with Crippen LogP contribution in [0.25, 0.3) is 0 Å². The SMILES string of the molecule is O=C(NC(C1CC1)C1CC1)[C@@H]1Cc2ccccc2O1. The molecule has 1 amide bonds. The Morgan fingerprint density at radius 1 is 1.16 bits per heavy atom. The molecule has 2 saturated carbocycles. The molecule has 1 aliphatic heterocycles. The Morgan fingerprint density at radius 2 is 1.84 bits per heavy atom. The summed E-state index contributed by atoms with van der Waals surface area (Å²) in [6.45, 7) is 0. The van der Waals surface area contributed by atoms with Gasteiger partial charge in [-0.05, 0) is 49.1 Å². The number of carbonyl (C=O) groups is 1. The van der Waals surface area contributed by atoms with E-state index in [2.05, 4.69) is 5.32 Å². The minimum atomic E-state index is -0.322. The molecule has 1 atom stereocenters. The van der Waals surface area contributed by atoms with Gasteiger partial charge in [0, 0.05) is 12.5 Å². The average Bonchev–Trinajstić information content (AvgIpc) is 3.32. The molecule has 3 heteroatoms. The summed E-state index contributed by atoms with van der Waals surface area (Å²) >= 11 is 0. The molecule has 1 heterocycles. The van der Waals surface area contributed by atoms with Gasteiger partial charge in [-0.2, -0.15) is 0 Å². The van der Waals surface area contributed by atoms with Crippen molar-refractivity contribution in [1.29, 1.82) is 0 Å². The fourth-order valence-electron chi connectivity index (χ4n) is 3.12. The van der Waals surface area contributed by atoms with Crippen molar-refractivity contribution in [2.24, 2.45) is 11.8 Å². The van der Waals surface area contributed by atoms with Crippen LogP contribution in [0.5, 0.6) is 5.75 Å². The summed E-state index contributed by atoms with van der Waals surface area (Å²) in [4.78, 5) is 12.4. The van der Waals surface area contributed by atoms with Crippen LogP contribution >= 0.6 is 0 Å². The van der Waals surface area contributed by atoms with Crippen LogP contribution in [0, 0.1) is 11.8 Å². The number of para-hydroxylation sites is 1. The van der Waals surface area contributed by atoms with Crippen molar-refractivity contribution < 1.29 is 9.53 Å². The Morgan fingerprint density at radius 3 is 2.47 bits per heavy atom. The maximum Gasteiger partial charge on any atom is 0.261 e. The van der Waals surface area contributed by atoms with Crippen molar-refractivity contribution in [2.75, 3.05) is 0 Å². The highest BCUT2D eigenvalue weighted by atomic mass is 16.5. The predicted molar refractivity (Wildman–Crippen MR) is 71.9 cm³/mol. The van der Waals surface area contributed by atoms with Crippen LogP contribution in [0.15, 0.2) is 24.3 Å². The number of hydrogen-bond donors (Lipinski definition) is 1. The fraction of sp³-hybridized carbons (Fsp3) is 0.562. The number of amides is 1. The van der Waals surface area contributed by atoms with Crippen LogP contribution < -0.4 is 10.1 Å². The van der Waals surface area contributed by atoms with Gasteiger partial charge in [-0.25, -0.2) is 0 Å². The molecular weight excluding hydrogens is 238 g/mol. The maximum atomic E-state index is 12.4.